The van der Waals surface area contributed by atoms with Crippen LogP contribution in [0.3, 0.4) is 0 Å². The maximum Gasteiger partial charge on any atom is 0.226 e. The van der Waals surface area contributed by atoms with E-state index in [1.165, 1.54) is 0 Å². The summed E-state index contributed by atoms with van der Waals surface area (Å²) in [4.78, 5) is 10.6. The summed E-state index contributed by atoms with van der Waals surface area (Å²) >= 11 is 0. The quantitative estimate of drug-likeness (QED) is 0.723. The standard InChI is InChI=1S/C10H17N5/c1-6-7(2)13-9-8(12-6)5-11-10(14-9)15(3)4/h5-7,12H,1-4H3,(H,11,13,14). The molecule has 0 bridgehead atoms. The van der Waals surface area contributed by atoms with E-state index in [0.717, 1.165) is 17.5 Å². The van der Waals surface area contributed by atoms with Crippen LogP contribution >= 0.6 is 0 Å². The first-order chi connectivity index (χ1) is 7.08. The third kappa shape index (κ3) is 1.82. The van der Waals surface area contributed by atoms with E-state index in [1.54, 1.807) is 0 Å². The number of fused-ring (bicyclic) bond motifs is 1. The normalized spacial score (nSPS) is 23.7. The van der Waals surface area contributed by atoms with Crippen molar-refractivity contribution < 1.29 is 0 Å². The number of hydrogen-bond donors (Lipinski definition) is 2. The molecule has 2 heterocycles. The number of anilines is 3. The summed E-state index contributed by atoms with van der Waals surface area (Å²) in [5.41, 5.74) is 0.978. The van der Waals surface area contributed by atoms with Gasteiger partial charge in [0.1, 0.15) is 0 Å². The molecule has 0 fully saturated rings. The highest BCUT2D eigenvalue weighted by Gasteiger charge is 2.21. The minimum Gasteiger partial charge on any atom is -0.376 e. The molecule has 1 aromatic heterocycles. The van der Waals surface area contributed by atoms with Gasteiger partial charge in [0.15, 0.2) is 5.82 Å². The average molecular weight is 207 g/mol. The molecule has 2 rings (SSSR count). The van der Waals surface area contributed by atoms with Crippen LogP contribution in [0.15, 0.2) is 6.20 Å². The number of nitrogens with zero attached hydrogens (tertiary/aromatic N) is 3. The van der Waals surface area contributed by atoms with Crippen molar-refractivity contribution >= 4 is 17.5 Å². The minimum atomic E-state index is 0.377. The smallest absolute Gasteiger partial charge is 0.226 e. The molecule has 0 aromatic carbocycles. The van der Waals surface area contributed by atoms with Gasteiger partial charge in [0.25, 0.3) is 0 Å². The van der Waals surface area contributed by atoms with Gasteiger partial charge < -0.3 is 15.5 Å². The van der Waals surface area contributed by atoms with Gasteiger partial charge in [0, 0.05) is 26.2 Å². The topological polar surface area (TPSA) is 53.1 Å². The lowest BCUT2D eigenvalue weighted by Gasteiger charge is -2.31. The van der Waals surface area contributed by atoms with Crippen LogP contribution in [0.1, 0.15) is 13.8 Å². The van der Waals surface area contributed by atoms with E-state index in [1.807, 2.05) is 25.2 Å². The summed E-state index contributed by atoms with van der Waals surface area (Å²) in [5, 5.41) is 6.73. The second-order valence-corrected chi connectivity index (χ2v) is 4.19. The lowest BCUT2D eigenvalue weighted by atomic mass is 10.1. The molecule has 5 heteroatoms. The number of nitrogens with one attached hydrogen (secondary N) is 2. The number of hydrogen-bond acceptors (Lipinski definition) is 5. The molecule has 5 nitrogen and oxygen atoms in total. The lowest BCUT2D eigenvalue weighted by Crippen LogP contribution is -2.39. The molecule has 15 heavy (non-hydrogen) atoms. The minimum absolute atomic E-state index is 0.377. The summed E-state index contributed by atoms with van der Waals surface area (Å²) in [7, 11) is 3.87. The van der Waals surface area contributed by atoms with Gasteiger partial charge in [0.05, 0.1) is 11.9 Å². The Morgan fingerprint density at radius 2 is 1.87 bits per heavy atom. The largest absolute Gasteiger partial charge is 0.376 e. The van der Waals surface area contributed by atoms with Crippen LogP contribution in [0, 0.1) is 0 Å². The Kier molecular flexibility index (Phi) is 2.38. The van der Waals surface area contributed by atoms with Crippen molar-refractivity contribution in [2.75, 3.05) is 29.6 Å². The maximum absolute atomic E-state index is 4.44. The number of aromatic nitrogens is 2. The zero-order valence-corrected chi connectivity index (χ0v) is 9.57. The second-order valence-electron chi connectivity index (χ2n) is 4.19. The Bertz CT molecular complexity index is 363. The van der Waals surface area contributed by atoms with Crippen LogP contribution in [0.4, 0.5) is 17.5 Å². The van der Waals surface area contributed by atoms with Crippen molar-refractivity contribution in [1.29, 1.82) is 0 Å². The number of rotatable bonds is 1. The van der Waals surface area contributed by atoms with Gasteiger partial charge in [-0.1, -0.05) is 0 Å². The Labute approximate surface area is 89.9 Å². The van der Waals surface area contributed by atoms with Crippen LogP contribution in [-0.2, 0) is 0 Å². The van der Waals surface area contributed by atoms with E-state index >= 15 is 0 Å². The monoisotopic (exact) mass is 207 g/mol. The van der Waals surface area contributed by atoms with Crippen LogP contribution < -0.4 is 15.5 Å². The Morgan fingerprint density at radius 3 is 2.53 bits per heavy atom. The molecule has 2 atom stereocenters. The van der Waals surface area contributed by atoms with E-state index < -0.39 is 0 Å². The predicted molar refractivity (Wildman–Crippen MR) is 62.5 cm³/mol. The van der Waals surface area contributed by atoms with Gasteiger partial charge in [-0.05, 0) is 13.8 Å². The Hall–Kier alpha value is -1.52. The lowest BCUT2D eigenvalue weighted by molar-refractivity contribution is 0.657. The molecule has 0 spiro atoms. The molecule has 0 saturated heterocycles. The highest BCUT2D eigenvalue weighted by Crippen LogP contribution is 2.26. The third-order valence-electron chi connectivity index (χ3n) is 2.67. The second kappa shape index (κ2) is 3.56. The van der Waals surface area contributed by atoms with Crippen molar-refractivity contribution in [1.82, 2.24) is 9.97 Å². The third-order valence-corrected chi connectivity index (χ3v) is 2.67. The molecule has 0 radical (unpaired) electrons. The first-order valence-corrected chi connectivity index (χ1v) is 5.15. The van der Waals surface area contributed by atoms with Crippen molar-refractivity contribution in [3.63, 3.8) is 0 Å². The molecular formula is C10H17N5. The molecule has 0 amide bonds. The summed E-state index contributed by atoms with van der Waals surface area (Å²) in [6.45, 7) is 4.28. The van der Waals surface area contributed by atoms with Crippen LogP contribution in [0.25, 0.3) is 0 Å². The average Bonchev–Trinajstić information content (AvgIpc) is 2.19. The molecule has 1 aliphatic rings. The van der Waals surface area contributed by atoms with Crippen molar-refractivity contribution in [3.05, 3.63) is 6.20 Å². The summed E-state index contributed by atoms with van der Waals surface area (Å²) < 4.78 is 0. The molecule has 82 valence electrons. The van der Waals surface area contributed by atoms with Gasteiger partial charge in [-0.3, -0.25) is 0 Å². The first-order valence-electron chi connectivity index (χ1n) is 5.15. The van der Waals surface area contributed by atoms with Crippen molar-refractivity contribution in [2.24, 2.45) is 0 Å². The Balaban J connectivity index is 2.33. The zero-order chi connectivity index (χ0) is 11.0. The highest BCUT2D eigenvalue weighted by atomic mass is 15.3. The SMILES string of the molecule is CC1Nc2cnc(N(C)C)nc2NC1C. The predicted octanol–water partition coefficient (Wildman–Crippen LogP) is 1.16. The van der Waals surface area contributed by atoms with Crippen LogP contribution in [-0.4, -0.2) is 36.1 Å². The van der Waals surface area contributed by atoms with Gasteiger partial charge in [0.2, 0.25) is 5.95 Å². The van der Waals surface area contributed by atoms with E-state index in [9.17, 15) is 0 Å². The molecule has 2 N–H and O–H groups in total. The van der Waals surface area contributed by atoms with E-state index in [0.29, 0.717) is 12.1 Å². The molecule has 0 aliphatic carbocycles. The fourth-order valence-electron chi connectivity index (χ4n) is 1.51. The molecule has 0 saturated carbocycles. The Morgan fingerprint density at radius 1 is 1.20 bits per heavy atom. The fraction of sp³-hybridized carbons (Fsp3) is 0.600. The first kappa shape index (κ1) is 10.0. The van der Waals surface area contributed by atoms with Crippen molar-refractivity contribution in [2.45, 2.75) is 25.9 Å². The van der Waals surface area contributed by atoms with Gasteiger partial charge in [-0.15, -0.1) is 0 Å². The van der Waals surface area contributed by atoms with Crippen LogP contribution in [0.2, 0.25) is 0 Å². The van der Waals surface area contributed by atoms with Gasteiger partial charge >= 0.3 is 0 Å². The molecule has 1 aromatic rings. The summed E-state index contributed by atoms with van der Waals surface area (Å²) in [6.07, 6.45) is 1.83. The van der Waals surface area contributed by atoms with Crippen LogP contribution in [0.5, 0.6) is 0 Å². The maximum atomic E-state index is 4.44. The van der Waals surface area contributed by atoms with E-state index in [2.05, 4.69) is 34.4 Å². The summed E-state index contributed by atoms with van der Waals surface area (Å²) in [5.74, 6) is 1.61. The molecular weight excluding hydrogens is 190 g/mol. The molecule has 1 aliphatic heterocycles. The van der Waals surface area contributed by atoms with E-state index in [-0.39, 0.29) is 0 Å². The van der Waals surface area contributed by atoms with Gasteiger partial charge in [-0.25, -0.2) is 4.98 Å². The van der Waals surface area contributed by atoms with Crippen molar-refractivity contribution in [3.8, 4) is 0 Å². The zero-order valence-electron chi connectivity index (χ0n) is 9.57. The molecule has 2 unspecified atom stereocenters. The highest BCUT2D eigenvalue weighted by molar-refractivity contribution is 5.68. The summed E-state index contributed by atoms with van der Waals surface area (Å²) in [6, 6.07) is 0.772. The van der Waals surface area contributed by atoms with E-state index in [4.69, 9.17) is 0 Å². The fourth-order valence-corrected chi connectivity index (χ4v) is 1.51. The van der Waals surface area contributed by atoms with Gasteiger partial charge in [-0.2, -0.15) is 4.98 Å².